The topological polar surface area (TPSA) is 120 Å². The van der Waals surface area contributed by atoms with Gasteiger partial charge >= 0.3 is 0 Å². The van der Waals surface area contributed by atoms with Crippen molar-refractivity contribution in [2.75, 3.05) is 13.1 Å². The van der Waals surface area contributed by atoms with Crippen LogP contribution in [-0.4, -0.2) is 52.6 Å². The number of piperidine rings is 1. The van der Waals surface area contributed by atoms with Gasteiger partial charge in [0.05, 0.1) is 11.1 Å². The van der Waals surface area contributed by atoms with Gasteiger partial charge < -0.3 is 10.6 Å². The highest BCUT2D eigenvalue weighted by Crippen LogP contribution is 2.29. The van der Waals surface area contributed by atoms with E-state index in [2.05, 4.69) is 20.9 Å². The lowest BCUT2D eigenvalue weighted by Crippen LogP contribution is -2.54. The van der Waals surface area contributed by atoms with Crippen molar-refractivity contribution in [1.29, 1.82) is 0 Å². The molecule has 1 saturated heterocycles. The summed E-state index contributed by atoms with van der Waals surface area (Å²) in [7, 11) is 0. The van der Waals surface area contributed by atoms with E-state index in [0.717, 1.165) is 42.1 Å². The smallest absolute Gasteiger partial charge is 0.262 e. The van der Waals surface area contributed by atoms with Crippen molar-refractivity contribution < 1.29 is 19.2 Å². The first kappa shape index (κ1) is 21.8. The maximum Gasteiger partial charge on any atom is 0.262 e. The lowest BCUT2D eigenvalue weighted by atomic mass is 10.0. The molecule has 0 bridgehead atoms. The van der Waals surface area contributed by atoms with Crippen molar-refractivity contribution in [3.05, 3.63) is 65.0 Å². The fraction of sp³-hybridized carbons (Fsp3) is 0.348. The number of carbonyl (C=O) groups excluding carboxylic acids is 4. The molecule has 1 atom stereocenters. The molecule has 3 heterocycles. The molecule has 32 heavy (non-hydrogen) atoms. The largest absolute Gasteiger partial charge is 0.313 e. The van der Waals surface area contributed by atoms with Gasteiger partial charge in [-0.15, -0.1) is 0 Å². The Morgan fingerprint density at radius 1 is 1.00 bits per heavy atom. The number of amides is 4. The van der Waals surface area contributed by atoms with E-state index in [1.807, 2.05) is 24.4 Å². The van der Waals surface area contributed by atoms with E-state index < -0.39 is 23.8 Å². The van der Waals surface area contributed by atoms with E-state index >= 15 is 0 Å². The summed E-state index contributed by atoms with van der Waals surface area (Å²) in [5, 5.41) is 8.89. The minimum absolute atomic E-state index is 0.104. The number of fused-ring (bicyclic) bond motifs is 1. The number of rotatable bonds is 9. The molecule has 0 saturated carbocycles. The Bertz CT molecular complexity index is 1040. The maximum atomic E-state index is 13.1. The molecule has 1 aromatic heterocycles. The molecule has 9 heteroatoms. The molecule has 4 rings (SSSR count). The minimum Gasteiger partial charge on any atom is -0.313 e. The minimum atomic E-state index is -0.952. The second-order valence-corrected chi connectivity index (χ2v) is 7.86. The standard InChI is InChI=1S/C23H25N5O4/c29-19-8-7-18(21(30)27-19)28-22(31)17-6-1-5-16(20(17)23(28)32)14-26-11-3-10-25-13-15-4-2-9-24-12-15/h1-2,4-6,9,12,18,25-26H,3,7-8,10-11,13-14H2,(H,27,29,30). The Labute approximate surface area is 185 Å². The van der Waals surface area contributed by atoms with Gasteiger partial charge in [0.25, 0.3) is 11.8 Å². The highest BCUT2D eigenvalue weighted by Gasteiger charge is 2.45. The number of benzene rings is 1. The Morgan fingerprint density at radius 2 is 1.81 bits per heavy atom. The molecule has 2 aliphatic heterocycles. The molecule has 1 aromatic carbocycles. The predicted molar refractivity (Wildman–Crippen MR) is 115 cm³/mol. The quantitative estimate of drug-likeness (QED) is 0.393. The molecule has 1 fully saturated rings. The summed E-state index contributed by atoms with van der Waals surface area (Å²) in [4.78, 5) is 54.6. The first-order valence-corrected chi connectivity index (χ1v) is 10.7. The van der Waals surface area contributed by atoms with Gasteiger partial charge in [-0.2, -0.15) is 0 Å². The number of hydrogen-bond acceptors (Lipinski definition) is 7. The van der Waals surface area contributed by atoms with Gasteiger partial charge in [0.1, 0.15) is 6.04 Å². The molecule has 0 aliphatic carbocycles. The summed E-state index contributed by atoms with van der Waals surface area (Å²) in [6.45, 7) is 2.76. The Balaban J connectivity index is 1.31. The van der Waals surface area contributed by atoms with E-state index in [0.29, 0.717) is 17.7 Å². The van der Waals surface area contributed by atoms with Gasteiger partial charge in [0, 0.05) is 31.9 Å². The molecule has 166 valence electrons. The summed E-state index contributed by atoms with van der Waals surface area (Å²) in [6.07, 6.45) is 4.72. The first-order chi connectivity index (χ1) is 15.6. The van der Waals surface area contributed by atoms with Crippen molar-refractivity contribution in [3.63, 3.8) is 0 Å². The fourth-order valence-corrected chi connectivity index (χ4v) is 4.03. The lowest BCUT2D eigenvalue weighted by Gasteiger charge is -2.27. The van der Waals surface area contributed by atoms with Crippen molar-refractivity contribution in [2.24, 2.45) is 0 Å². The Kier molecular flexibility index (Phi) is 6.67. The zero-order valence-electron chi connectivity index (χ0n) is 17.6. The molecule has 1 unspecified atom stereocenters. The third-order valence-corrected chi connectivity index (χ3v) is 5.63. The molecule has 2 aliphatic rings. The van der Waals surface area contributed by atoms with Crippen LogP contribution in [0.15, 0.2) is 42.7 Å². The second kappa shape index (κ2) is 9.80. The average molecular weight is 435 g/mol. The SMILES string of the molecule is O=C1CCC(N2C(=O)c3cccc(CNCCCNCc4cccnc4)c3C2=O)C(=O)N1. The normalized spacial score (nSPS) is 18.1. The van der Waals surface area contributed by atoms with Crippen LogP contribution >= 0.6 is 0 Å². The molecule has 4 amide bonds. The van der Waals surface area contributed by atoms with Crippen LogP contribution in [0.3, 0.4) is 0 Å². The van der Waals surface area contributed by atoms with Crippen LogP contribution < -0.4 is 16.0 Å². The van der Waals surface area contributed by atoms with Gasteiger partial charge in [-0.25, -0.2) is 0 Å². The number of carbonyl (C=O) groups is 4. The van der Waals surface area contributed by atoms with Crippen molar-refractivity contribution in [3.8, 4) is 0 Å². The number of nitrogens with zero attached hydrogens (tertiary/aromatic N) is 2. The molecule has 3 N–H and O–H groups in total. The summed E-state index contributed by atoms with van der Waals surface area (Å²) in [5.41, 5.74) is 2.49. The number of aromatic nitrogens is 1. The predicted octanol–water partition coefficient (Wildman–Crippen LogP) is 0.752. The van der Waals surface area contributed by atoms with E-state index in [4.69, 9.17) is 0 Å². The highest BCUT2D eigenvalue weighted by molar-refractivity contribution is 6.24. The van der Waals surface area contributed by atoms with Gasteiger partial charge in [-0.05, 0) is 49.2 Å². The summed E-state index contributed by atoms with van der Waals surface area (Å²) < 4.78 is 0. The van der Waals surface area contributed by atoms with Gasteiger partial charge in [0.15, 0.2) is 0 Å². The van der Waals surface area contributed by atoms with Crippen LogP contribution in [0.1, 0.15) is 51.1 Å². The summed E-state index contributed by atoms with van der Waals surface area (Å²) >= 11 is 0. The van der Waals surface area contributed by atoms with Crippen LogP contribution in [0.2, 0.25) is 0 Å². The van der Waals surface area contributed by atoms with Crippen LogP contribution in [0.25, 0.3) is 0 Å². The van der Waals surface area contributed by atoms with Crippen LogP contribution in [0.5, 0.6) is 0 Å². The first-order valence-electron chi connectivity index (χ1n) is 10.7. The van der Waals surface area contributed by atoms with Crippen molar-refractivity contribution in [1.82, 2.24) is 25.8 Å². The Morgan fingerprint density at radius 3 is 2.56 bits per heavy atom. The average Bonchev–Trinajstić information content (AvgIpc) is 3.05. The van der Waals surface area contributed by atoms with Crippen molar-refractivity contribution in [2.45, 2.75) is 38.4 Å². The lowest BCUT2D eigenvalue weighted by molar-refractivity contribution is -0.136. The van der Waals surface area contributed by atoms with Gasteiger partial charge in [-0.3, -0.25) is 34.4 Å². The van der Waals surface area contributed by atoms with E-state index in [-0.39, 0.29) is 18.7 Å². The molecular formula is C23H25N5O4. The van der Waals surface area contributed by atoms with E-state index in [9.17, 15) is 19.2 Å². The number of hydrogen-bond donors (Lipinski definition) is 3. The number of nitrogens with one attached hydrogen (secondary N) is 3. The zero-order chi connectivity index (χ0) is 22.5. The molecule has 9 nitrogen and oxygen atoms in total. The third kappa shape index (κ3) is 4.58. The van der Waals surface area contributed by atoms with Crippen molar-refractivity contribution >= 4 is 23.6 Å². The Hall–Kier alpha value is -3.43. The third-order valence-electron chi connectivity index (χ3n) is 5.63. The number of imide groups is 2. The molecule has 2 aromatic rings. The highest BCUT2D eigenvalue weighted by atomic mass is 16.2. The second-order valence-electron chi connectivity index (χ2n) is 7.86. The van der Waals surface area contributed by atoms with Crippen LogP contribution in [0.4, 0.5) is 0 Å². The monoisotopic (exact) mass is 435 g/mol. The zero-order valence-corrected chi connectivity index (χ0v) is 17.6. The molecular weight excluding hydrogens is 410 g/mol. The summed E-state index contributed by atoms with van der Waals surface area (Å²) in [6, 6.07) is 8.13. The van der Waals surface area contributed by atoms with E-state index in [1.165, 1.54) is 0 Å². The van der Waals surface area contributed by atoms with Crippen LogP contribution in [0, 0.1) is 0 Å². The van der Waals surface area contributed by atoms with Crippen LogP contribution in [-0.2, 0) is 22.7 Å². The molecule has 0 radical (unpaired) electrons. The molecule has 0 spiro atoms. The fourth-order valence-electron chi connectivity index (χ4n) is 4.03. The number of pyridine rings is 1. The van der Waals surface area contributed by atoms with E-state index in [1.54, 1.807) is 18.3 Å². The maximum absolute atomic E-state index is 13.1. The van der Waals surface area contributed by atoms with Gasteiger partial charge in [0.2, 0.25) is 11.8 Å². The van der Waals surface area contributed by atoms with Gasteiger partial charge in [-0.1, -0.05) is 18.2 Å². The summed E-state index contributed by atoms with van der Waals surface area (Å²) in [5.74, 6) is -1.95.